The summed E-state index contributed by atoms with van der Waals surface area (Å²) in [5.74, 6) is -0.434. The molecular formula is C18H18BrClN2O4S. The van der Waals surface area contributed by atoms with Gasteiger partial charge >= 0.3 is 0 Å². The van der Waals surface area contributed by atoms with Crippen LogP contribution in [0.3, 0.4) is 0 Å². The second-order valence-corrected chi connectivity index (χ2v) is 9.10. The fourth-order valence-corrected chi connectivity index (χ4v) is 4.24. The zero-order chi connectivity index (χ0) is 19.4. The van der Waals surface area contributed by atoms with E-state index in [1.54, 1.807) is 24.3 Å². The van der Waals surface area contributed by atoms with Gasteiger partial charge in [0.05, 0.1) is 21.6 Å². The number of hydrogen-bond acceptors (Lipinski definition) is 4. The molecule has 2 N–H and O–H groups in total. The van der Waals surface area contributed by atoms with Gasteiger partial charge in [0, 0.05) is 23.3 Å². The van der Waals surface area contributed by atoms with Crippen molar-refractivity contribution in [1.29, 1.82) is 0 Å². The number of rotatable bonds is 6. The Morgan fingerprint density at radius 1 is 1.22 bits per heavy atom. The fraction of sp³-hybridized carbons (Fsp3) is 0.278. The van der Waals surface area contributed by atoms with Gasteiger partial charge in [-0.25, -0.2) is 8.42 Å². The number of carbonyl (C=O) groups excluding carboxylic acids is 1. The molecule has 6 nitrogen and oxygen atoms in total. The second-order valence-electron chi connectivity index (χ2n) is 6.10. The van der Waals surface area contributed by atoms with E-state index in [0.29, 0.717) is 18.8 Å². The van der Waals surface area contributed by atoms with Crippen molar-refractivity contribution in [1.82, 2.24) is 5.32 Å². The first-order valence-corrected chi connectivity index (χ1v) is 11.0. The van der Waals surface area contributed by atoms with E-state index in [1.807, 2.05) is 0 Å². The summed E-state index contributed by atoms with van der Waals surface area (Å²) >= 11 is 9.40. The van der Waals surface area contributed by atoms with Crippen LogP contribution in [-0.2, 0) is 14.8 Å². The molecule has 1 saturated heterocycles. The van der Waals surface area contributed by atoms with E-state index in [4.69, 9.17) is 16.3 Å². The zero-order valence-corrected chi connectivity index (χ0v) is 17.4. The molecule has 0 radical (unpaired) electrons. The first kappa shape index (κ1) is 20.1. The quantitative estimate of drug-likeness (QED) is 0.668. The minimum atomic E-state index is -3.86. The zero-order valence-electron chi connectivity index (χ0n) is 14.2. The number of ether oxygens (including phenoxy) is 1. The molecule has 2 aromatic carbocycles. The van der Waals surface area contributed by atoms with Gasteiger partial charge in [-0.1, -0.05) is 27.5 Å². The van der Waals surface area contributed by atoms with Gasteiger partial charge in [-0.3, -0.25) is 9.52 Å². The van der Waals surface area contributed by atoms with E-state index >= 15 is 0 Å². The van der Waals surface area contributed by atoms with Crippen LogP contribution in [0.2, 0.25) is 5.02 Å². The molecule has 144 valence electrons. The van der Waals surface area contributed by atoms with E-state index in [9.17, 15) is 13.2 Å². The Labute approximate surface area is 171 Å². The predicted molar refractivity (Wildman–Crippen MR) is 108 cm³/mol. The molecule has 0 spiro atoms. The van der Waals surface area contributed by atoms with Crippen molar-refractivity contribution in [2.24, 2.45) is 0 Å². The van der Waals surface area contributed by atoms with E-state index in [1.165, 1.54) is 18.2 Å². The van der Waals surface area contributed by atoms with Crippen molar-refractivity contribution < 1.29 is 17.9 Å². The number of benzene rings is 2. The van der Waals surface area contributed by atoms with Gasteiger partial charge < -0.3 is 10.1 Å². The lowest BCUT2D eigenvalue weighted by Gasteiger charge is -2.13. The van der Waals surface area contributed by atoms with Crippen LogP contribution < -0.4 is 10.0 Å². The molecule has 1 aliphatic heterocycles. The number of halogens is 2. The molecule has 0 aliphatic carbocycles. The summed E-state index contributed by atoms with van der Waals surface area (Å²) in [5.41, 5.74) is 0.519. The molecule has 0 unspecified atom stereocenters. The summed E-state index contributed by atoms with van der Waals surface area (Å²) in [4.78, 5) is 12.4. The molecule has 27 heavy (non-hydrogen) atoms. The Morgan fingerprint density at radius 3 is 2.63 bits per heavy atom. The van der Waals surface area contributed by atoms with Gasteiger partial charge in [0.2, 0.25) is 0 Å². The second kappa shape index (κ2) is 8.60. The molecule has 2 aromatic rings. The van der Waals surface area contributed by atoms with Crippen LogP contribution in [0.4, 0.5) is 5.69 Å². The summed E-state index contributed by atoms with van der Waals surface area (Å²) in [6.45, 7) is 1.06. The molecule has 0 aromatic heterocycles. The third-order valence-corrected chi connectivity index (χ3v) is 6.34. The van der Waals surface area contributed by atoms with E-state index in [0.717, 1.165) is 17.3 Å². The number of sulfonamides is 1. The van der Waals surface area contributed by atoms with E-state index in [2.05, 4.69) is 26.0 Å². The Kier molecular flexibility index (Phi) is 6.41. The van der Waals surface area contributed by atoms with Crippen molar-refractivity contribution >= 4 is 49.1 Å². The maximum Gasteiger partial charge on any atom is 0.261 e. The Balaban J connectivity index is 1.76. The van der Waals surface area contributed by atoms with Gasteiger partial charge in [-0.2, -0.15) is 0 Å². The van der Waals surface area contributed by atoms with Crippen LogP contribution in [0.5, 0.6) is 0 Å². The van der Waals surface area contributed by atoms with Crippen LogP contribution in [0.25, 0.3) is 0 Å². The summed E-state index contributed by atoms with van der Waals surface area (Å²) in [7, 11) is -3.86. The molecule has 1 amide bonds. The summed E-state index contributed by atoms with van der Waals surface area (Å²) in [6.07, 6.45) is 1.84. The highest BCUT2D eigenvalue weighted by Crippen LogP contribution is 2.23. The number of anilines is 1. The molecule has 1 atom stereocenters. The molecule has 3 rings (SSSR count). The van der Waals surface area contributed by atoms with Gasteiger partial charge in [0.1, 0.15) is 0 Å². The molecular weight excluding hydrogens is 456 g/mol. The van der Waals surface area contributed by atoms with Gasteiger partial charge in [-0.15, -0.1) is 0 Å². The van der Waals surface area contributed by atoms with Crippen LogP contribution in [0.1, 0.15) is 23.2 Å². The van der Waals surface area contributed by atoms with Crippen LogP contribution >= 0.6 is 27.5 Å². The highest BCUT2D eigenvalue weighted by Gasteiger charge is 2.21. The lowest BCUT2D eigenvalue weighted by Crippen LogP contribution is -2.32. The van der Waals surface area contributed by atoms with Crippen LogP contribution in [0.15, 0.2) is 51.8 Å². The van der Waals surface area contributed by atoms with Crippen molar-refractivity contribution in [3.63, 3.8) is 0 Å². The van der Waals surface area contributed by atoms with Crippen molar-refractivity contribution in [2.45, 2.75) is 23.8 Å². The lowest BCUT2D eigenvalue weighted by molar-refractivity contribution is 0.0857. The molecule has 1 heterocycles. The third kappa shape index (κ3) is 5.22. The SMILES string of the molecule is O=C(NC[C@@H]1CCCO1)c1cc(S(=O)(=O)Nc2ccc(Br)cc2)ccc1Cl. The predicted octanol–water partition coefficient (Wildman–Crippen LogP) is 3.81. The fourth-order valence-electron chi connectivity index (χ4n) is 2.68. The monoisotopic (exact) mass is 472 g/mol. The number of amides is 1. The smallest absolute Gasteiger partial charge is 0.261 e. The number of carbonyl (C=O) groups is 1. The average molecular weight is 474 g/mol. The molecule has 1 aliphatic rings. The Bertz CT molecular complexity index is 929. The largest absolute Gasteiger partial charge is 0.376 e. The summed E-state index contributed by atoms with van der Waals surface area (Å²) < 4.78 is 34.0. The van der Waals surface area contributed by atoms with Gasteiger partial charge in [0.25, 0.3) is 15.9 Å². The van der Waals surface area contributed by atoms with Crippen LogP contribution in [-0.4, -0.2) is 33.6 Å². The van der Waals surface area contributed by atoms with E-state index < -0.39 is 15.9 Å². The molecule has 1 fully saturated rings. The van der Waals surface area contributed by atoms with Crippen molar-refractivity contribution in [3.8, 4) is 0 Å². The van der Waals surface area contributed by atoms with Gasteiger partial charge in [0.15, 0.2) is 0 Å². The first-order valence-electron chi connectivity index (χ1n) is 8.33. The van der Waals surface area contributed by atoms with E-state index in [-0.39, 0.29) is 21.6 Å². The maximum absolute atomic E-state index is 12.6. The van der Waals surface area contributed by atoms with Crippen molar-refractivity contribution in [3.05, 3.63) is 57.5 Å². The average Bonchev–Trinajstić information content (AvgIpc) is 3.15. The first-order chi connectivity index (χ1) is 12.8. The maximum atomic E-state index is 12.6. The third-order valence-electron chi connectivity index (χ3n) is 4.10. The lowest BCUT2D eigenvalue weighted by atomic mass is 10.2. The molecule has 0 bridgehead atoms. The Hall–Kier alpha value is -1.61. The normalized spacial score (nSPS) is 16.9. The summed E-state index contributed by atoms with van der Waals surface area (Å²) in [5, 5.41) is 2.93. The minimum Gasteiger partial charge on any atom is -0.376 e. The summed E-state index contributed by atoms with van der Waals surface area (Å²) in [6, 6.07) is 10.8. The van der Waals surface area contributed by atoms with Crippen molar-refractivity contribution in [2.75, 3.05) is 17.9 Å². The van der Waals surface area contributed by atoms with Crippen LogP contribution in [0, 0.1) is 0 Å². The number of nitrogens with one attached hydrogen (secondary N) is 2. The standard InChI is InChI=1S/C18H18BrClN2O4S/c19-12-3-5-13(6-4-12)22-27(24,25)15-7-8-17(20)16(10-15)18(23)21-11-14-2-1-9-26-14/h3-8,10,14,22H,1-2,9,11H2,(H,21,23)/t14-/m0/s1. The Morgan fingerprint density at radius 2 is 1.96 bits per heavy atom. The highest BCUT2D eigenvalue weighted by atomic mass is 79.9. The molecule has 9 heteroatoms. The molecule has 0 saturated carbocycles. The van der Waals surface area contributed by atoms with Gasteiger partial charge in [-0.05, 0) is 55.3 Å². The topological polar surface area (TPSA) is 84.5 Å². The number of hydrogen-bond donors (Lipinski definition) is 2. The minimum absolute atomic E-state index is 0.0151. The highest BCUT2D eigenvalue weighted by molar-refractivity contribution is 9.10.